The van der Waals surface area contributed by atoms with E-state index < -0.39 is 12.0 Å². The minimum absolute atomic E-state index is 0.195. The van der Waals surface area contributed by atoms with Crippen LogP contribution in [0.5, 0.6) is 0 Å². The van der Waals surface area contributed by atoms with Crippen LogP contribution in [0.3, 0.4) is 0 Å². The van der Waals surface area contributed by atoms with E-state index in [-0.39, 0.29) is 13.2 Å². The second-order valence-electron chi connectivity index (χ2n) is 3.39. The van der Waals surface area contributed by atoms with Crippen LogP contribution in [-0.4, -0.2) is 25.2 Å². The van der Waals surface area contributed by atoms with Gasteiger partial charge in [-0.25, -0.2) is 4.79 Å². The van der Waals surface area contributed by atoms with Crippen LogP contribution in [0, 0.1) is 0 Å². The molecule has 2 amide bonds. The molecule has 0 aromatic carbocycles. The number of unbranched alkanes of at least 4 members (excludes halogenated alkanes) is 3. The summed E-state index contributed by atoms with van der Waals surface area (Å²) in [6.07, 6.45) is 7.71. The van der Waals surface area contributed by atoms with Gasteiger partial charge in [-0.15, -0.1) is 0 Å². The van der Waals surface area contributed by atoms with Crippen LogP contribution < -0.4 is 11.1 Å². The van der Waals surface area contributed by atoms with Gasteiger partial charge in [0, 0.05) is 0 Å². The summed E-state index contributed by atoms with van der Waals surface area (Å²) in [6.45, 7) is 2.17. The van der Waals surface area contributed by atoms with Gasteiger partial charge in [-0.3, -0.25) is 4.79 Å². The molecule has 16 heavy (non-hydrogen) atoms. The van der Waals surface area contributed by atoms with Crippen LogP contribution in [0.25, 0.3) is 0 Å². The largest absolute Gasteiger partial charge is 0.445 e. The maximum atomic E-state index is 10.9. The van der Waals surface area contributed by atoms with E-state index in [1.54, 1.807) is 6.08 Å². The van der Waals surface area contributed by atoms with Gasteiger partial charge in [0.25, 0.3) is 0 Å². The zero-order valence-electron chi connectivity index (χ0n) is 9.70. The van der Waals surface area contributed by atoms with Crippen LogP contribution >= 0.6 is 0 Å². The highest BCUT2D eigenvalue weighted by Gasteiger charge is 2.00. The number of nitrogens with two attached hydrogens (primary N) is 1. The molecule has 0 saturated heterocycles. The number of primary amides is 1. The van der Waals surface area contributed by atoms with Crippen molar-refractivity contribution in [1.29, 1.82) is 0 Å². The molecular weight excluding hydrogens is 208 g/mol. The number of allylic oxidation sites excluding steroid dienone is 1. The van der Waals surface area contributed by atoms with Crippen molar-refractivity contribution >= 4 is 12.0 Å². The summed E-state index contributed by atoms with van der Waals surface area (Å²) in [5, 5.41) is 2.22. The molecule has 0 aromatic rings. The minimum atomic E-state index is -0.628. The van der Waals surface area contributed by atoms with Crippen molar-refractivity contribution in [1.82, 2.24) is 5.32 Å². The van der Waals surface area contributed by atoms with Crippen LogP contribution in [0.4, 0.5) is 4.79 Å². The highest BCUT2D eigenvalue weighted by atomic mass is 16.5. The second-order valence-corrected chi connectivity index (χ2v) is 3.39. The molecule has 3 N–H and O–H groups in total. The van der Waals surface area contributed by atoms with Crippen molar-refractivity contribution in [3.63, 3.8) is 0 Å². The molecule has 0 saturated carbocycles. The fourth-order valence-corrected chi connectivity index (χ4v) is 1.03. The highest BCUT2D eigenvalue weighted by molar-refractivity contribution is 5.80. The van der Waals surface area contributed by atoms with E-state index in [0.29, 0.717) is 0 Å². The van der Waals surface area contributed by atoms with Gasteiger partial charge in [-0.2, -0.15) is 0 Å². The van der Waals surface area contributed by atoms with Gasteiger partial charge >= 0.3 is 6.09 Å². The average molecular weight is 228 g/mol. The van der Waals surface area contributed by atoms with Crippen LogP contribution in [0.15, 0.2) is 12.2 Å². The first-order valence-electron chi connectivity index (χ1n) is 5.50. The second kappa shape index (κ2) is 10.0. The van der Waals surface area contributed by atoms with Crippen LogP contribution in [0.2, 0.25) is 0 Å². The first-order chi connectivity index (χ1) is 7.66. The Morgan fingerprint density at radius 2 is 2.06 bits per heavy atom. The molecule has 0 atom stereocenters. The van der Waals surface area contributed by atoms with Crippen molar-refractivity contribution in [2.45, 2.75) is 32.6 Å². The summed E-state index contributed by atoms with van der Waals surface area (Å²) in [6, 6.07) is 0. The molecule has 0 aliphatic heterocycles. The molecule has 0 unspecified atom stereocenters. The Morgan fingerprint density at radius 3 is 2.69 bits per heavy atom. The van der Waals surface area contributed by atoms with Gasteiger partial charge in [-0.1, -0.05) is 31.9 Å². The normalized spacial score (nSPS) is 10.3. The molecular formula is C11H20N2O3. The molecule has 0 radical (unpaired) electrons. The van der Waals surface area contributed by atoms with Crippen molar-refractivity contribution in [3.8, 4) is 0 Å². The van der Waals surface area contributed by atoms with E-state index in [0.717, 1.165) is 12.8 Å². The first kappa shape index (κ1) is 14.5. The number of hydrogen-bond donors (Lipinski definition) is 2. The third kappa shape index (κ3) is 10.6. The molecule has 0 aliphatic carbocycles. The van der Waals surface area contributed by atoms with E-state index in [9.17, 15) is 9.59 Å². The molecule has 92 valence electrons. The summed E-state index contributed by atoms with van der Waals surface area (Å²) < 4.78 is 4.75. The Kier molecular flexibility index (Phi) is 9.06. The van der Waals surface area contributed by atoms with Crippen LogP contribution in [0.1, 0.15) is 32.6 Å². The third-order valence-corrected chi connectivity index (χ3v) is 1.86. The fourth-order valence-electron chi connectivity index (χ4n) is 1.03. The quantitative estimate of drug-likeness (QED) is 0.486. The minimum Gasteiger partial charge on any atom is -0.445 e. The molecule has 5 nitrogen and oxygen atoms in total. The standard InChI is InChI=1S/C11H20N2O3/c1-2-3-4-5-6-7-8-16-11(15)13-9-10(12)14/h6-7H,2-5,8-9H2,1H3,(H2,12,14)(H,13,15)/b7-6+. The molecule has 0 rings (SSSR count). The monoisotopic (exact) mass is 228 g/mol. The Balaban J connectivity index is 3.36. The lowest BCUT2D eigenvalue weighted by atomic mass is 10.2. The summed E-state index contributed by atoms with van der Waals surface area (Å²) in [4.78, 5) is 21.2. The van der Waals surface area contributed by atoms with Crippen molar-refractivity contribution in [2.24, 2.45) is 5.73 Å². The first-order valence-corrected chi connectivity index (χ1v) is 5.50. The number of nitrogens with one attached hydrogen (secondary N) is 1. The Bertz CT molecular complexity index is 239. The number of amides is 2. The highest BCUT2D eigenvalue weighted by Crippen LogP contribution is 1.99. The Labute approximate surface area is 96.0 Å². The number of carbonyl (C=O) groups excluding carboxylic acids is 2. The SMILES string of the molecule is CCCCC/C=C/COC(=O)NCC(N)=O. The average Bonchev–Trinajstić information content (AvgIpc) is 2.25. The molecule has 0 heterocycles. The van der Waals surface area contributed by atoms with Crippen molar-refractivity contribution in [2.75, 3.05) is 13.2 Å². The molecule has 0 aromatic heterocycles. The fraction of sp³-hybridized carbons (Fsp3) is 0.636. The van der Waals surface area contributed by atoms with Gasteiger partial charge in [-0.05, 0) is 12.8 Å². The predicted molar refractivity (Wildman–Crippen MR) is 61.8 cm³/mol. The molecule has 0 aliphatic rings. The smallest absolute Gasteiger partial charge is 0.407 e. The number of rotatable bonds is 8. The van der Waals surface area contributed by atoms with Crippen LogP contribution in [-0.2, 0) is 9.53 Å². The zero-order valence-corrected chi connectivity index (χ0v) is 9.70. The van der Waals surface area contributed by atoms with E-state index in [1.165, 1.54) is 12.8 Å². The third-order valence-electron chi connectivity index (χ3n) is 1.86. The van der Waals surface area contributed by atoms with E-state index in [1.807, 2.05) is 6.08 Å². The lowest BCUT2D eigenvalue weighted by Crippen LogP contribution is -2.33. The summed E-state index contributed by atoms with van der Waals surface area (Å²) >= 11 is 0. The number of alkyl carbamates (subject to hydrolysis) is 1. The topological polar surface area (TPSA) is 81.4 Å². The molecule has 0 fully saturated rings. The molecule has 0 bridgehead atoms. The van der Waals surface area contributed by atoms with E-state index in [4.69, 9.17) is 10.5 Å². The van der Waals surface area contributed by atoms with Crippen molar-refractivity contribution in [3.05, 3.63) is 12.2 Å². The Hall–Kier alpha value is -1.52. The van der Waals surface area contributed by atoms with E-state index >= 15 is 0 Å². The molecule has 5 heteroatoms. The van der Waals surface area contributed by atoms with Gasteiger partial charge in [0.05, 0.1) is 6.54 Å². The lowest BCUT2D eigenvalue weighted by Gasteiger charge is -2.02. The summed E-state index contributed by atoms with van der Waals surface area (Å²) in [7, 11) is 0. The Morgan fingerprint density at radius 1 is 1.31 bits per heavy atom. The predicted octanol–water partition coefficient (Wildman–Crippen LogP) is 1.33. The maximum absolute atomic E-state index is 10.9. The molecule has 0 spiro atoms. The van der Waals surface area contributed by atoms with Gasteiger partial charge in [0.1, 0.15) is 6.61 Å². The van der Waals surface area contributed by atoms with E-state index in [2.05, 4.69) is 12.2 Å². The lowest BCUT2D eigenvalue weighted by molar-refractivity contribution is -0.117. The zero-order chi connectivity index (χ0) is 12.2. The number of carbonyl (C=O) groups is 2. The van der Waals surface area contributed by atoms with Crippen molar-refractivity contribution < 1.29 is 14.3 Å². The van der Waals surface area contributed by atoms with Gasteiger partial charge in [0.2, 0.25) is 5.91 Å². The summed E-state index contributed by atoms with van der Waals surface area (Å²) in [5.74, 6) is -0.591. The number of hydrogen-bond acceptors (Lipinski definition) is 3. The van der Waals surface area contributed by atoms with Gasteiger partial charge < -0.3 is 15.8 Å². The van der Waals surface area contributed by atoms with Gasteiger partial charge in [0.15, 0.2) is 0 Å². The summed E-state index contributed by atoms with van der Waals surface area (Å²) in [5.41, 5.74) is 4.84. The maximum Gasteiger partial charge on any atom is 0.407 e. The number of ether oxygens (including phenoxy) is 1.